The zero-order valence-corrected chi connectivity index (χ0v) is 15.2. The van der Waals surface area contributed by atoms with E-state index in [0.717, 1.165) is 40.2 Å². The summed E-state index contributed by atoms with van der Waals surface area (Å²) in [6.07, 6.45) is 3.82. The third-order valence-electron chi connectivity index (χ3n) is 5.00. The van der Waals surface area contributed by atoms with Crippen molar-refractivity contribution in [2.24, 2.45) is 5.92 Å². The smallest absolute Gasteiger partial charge is 0.230 e. The lowest BCUT2D eigenvalue weighted by molar-refractivity contribution is 0.157. The molecule has 1 saturated heterocycles. The van der Waals surface area contributed by atoms with Crippen LogP contribution < -0.4 is 4.74 Å². The van der Waals surface area contributed by atoms with E-state index in [0.29, 0.717) is 0 Å². The van der Waals surface area contributed by atoms with Gasteiger partial charge in [0.15, 0.2) is 0 Å². The van der Waals surface area contributed by atoms with E-state index >= 15 is 0 Å². The Morgan fingerprint density at radius 3 is 2.60 bits per heavy atom. The van der Waals surface area contributed by atoms with Gasteiger partial charge in [0.2, 0.25) is 10.8 Å². The van der Waals surface area contributed by atoms with Crippen LogP contribution in [-0.2, 0) is 0 Å². The van der Waals surface area contributed by atoms with E-state index in [2.05, 4.69) is 34.0 Å². The first-order valence-corrected chi connectivity index (χ1v) is 9.38. The van der Waals surface area contributed by atoms with Gasteiger partial charge in [0.1, 0.15) is 12.1 Å². The lowest BCUT2D eigenvalue weighted by Gasteiger charge is -2.36. The van der Waals surface area contributed by atoms with Gasteiger partial charge in [-0.2, -0.15) is 9.61 Å². The molecule has 1 atom stereocenters. The Bertz CT molecular complexity index is 850. The molecule has 0 bridgehead atoms. The van der Waals surface area contributed by atoms with E-state index in [1.54, 1.807) is 7.11 Å². The van der Waals surface area contributed by atoms with Gasteiger partial charge in [0, 0.05) is 0 Å². The van der Waals surface area contributed by atoms with Gasteiger partial charge in [-0.15, -0.1) is 0 Å². The predicted octanol–water partition coefficient (Wildman–Crippen LogP) is 3.33. The summed E-state index contributed by atoms with van der Waals surface area (Å²) in [6, 6.07) is 8.12. The highest BCUT2D eigenvalue weighted by molar-refractivity contribution is 7.17. The van der Waals surface area contributed by atoms with Crippen molar-refractivity contribution >= 4 is 16.3 Å². The molecule has 132 valence electrons. The minimum atomic E-state index is 0.00639. The summed E-state index contributed by atoms with van der Waals surface area (Å²) < 4.78 is 6.81. The third kappa shape index (κ3) is 2.98. The molecule has 1 aliphatic rings. The fourth-order valence-electron chi connectivity index (χ4n) is 3.47. The maximum atomic E-state index is 10.7. The molecule has 0 radical (unpaired) electrons. The number of fused-ring (bicyclic) bond motifs is 1. The number of ether oxygens (including phenoxy) is 1. The summed E-state index contributed by atoms with van der Waals surface area (Å²) in [5.41, 5.74) is 1.15. The number of likely N-dealkylation sites (tertiary alicyclic amines) is 1. The molecule has 25 heavy (non-hydrogen) atoms. The molecular formula is C18H22N4O2S. The molecule has 1 fully saturated rings. The Balaban J connectivity index is 1.76. The highest BCUT2D eigenvalue weighted by Gasteiger charge is 2.31. The third-order valence-corrected chi connectivity index (χ3v) is 6.09. The molecule has 2 aromatic heterocycles. The minimum Gasteiger partial charge on any atom is -0.497 e. The molecule has 0 amide bonds. The van der Waals surface area contributed by atoms with Gasteiger partial charge < -0.3 is 9.84 Å². The Morgan fingerprint density at radius 2 is 1.96 bits per heavy atom. The molecule has 1 aromatic carbocycles. The van der Waals surface area contributed by atoms with Crippen molar-refractivity contribution in [1.29, 1.82) is 0 Å². The molecule has 3 aromatic rings. The molecule has 0 aliphatic carbocycles. The number of benzene rings is 1. The molecule has 0 saturated carbocycles. The summed E-state index contributed by atoms with van der Waals surface area (Å²) in [5.74, 6) is 1.78. The van der Waals surface area contributed by atoms with Gasteiger partial charge >= 0.3 is 0 Å². The topological polar surface area (TPSA) is 62.9 Å². The summed E-state index contributed by atoms with van der Waals surface area (Å²) in [5, 5.41) is 14.8. The first-order valence-electron chi connectivity index (χ1n) is 8.56. The van der Waals surface area contributed by atoms with E-state index in [1.165, 1.54) is 35.0 Å². The van der Waals surface area contributed by atoms with E-state index in [9.17, 15) is 5.11 Å². The lowest BCUT2D eigenvalue weighted by atomic mass is 9.95. The number of thiazole rings is 1. The summed E-state index contributed by atoms with van der Waals surface area (Å²) in [7, 11) is 1.67. The van der Waals surface area contributed by atoms with Gasteiger partial charge in [0.05, 0.1) is 18.0 Å². The van der Waals surface area contributed by atoms with Crippen molar-refractivity contribution in [2.45, 2.75) is 25.8 Å². The second-order valence-electron chi connectivity index (χ2n) is 6.64. The van der Waals surface area contributed by atoms with Gasteiger partial charge in [0.25, 0.3) is 0 Å². The van der Waals surface area contributed by atoms with Crippen LogP contribution >= 0.6 is 11.3 Å². The first kappa shape index (κ1) is 16.4. The second kappa shape index (κ2) is 6.65. The van der Waals surface area contributed by atoms with Crippen LogP contribution in [0.1, 0.15) is 36.2 Å². The second-order valence-corrected chi connectivity index (χ2v) is 7.65. The van der Waals surface area contributed by atoms with Crippen molar-refractivity contribution in [3.8, 4) is 11.6 Å². The average molecular weight is 358 g/mol. The van der Waals surface area contributed by atoms with Gasteiger partial charge in [-0.1, -0.05) is 30.4 Å². The average Bonchev–Trinajstić information content (AvgIpc) is 3.21. The monoisotopic (exact) mass is 358 g/mol. The lowest BCUT2D eigenvalue weighted by Crippen LogP contribution is -2.36. The number of piperidine rings is 1. The predicted molar refractivity (Wildman–Crippen MR) is 97.3 cm³/mol. The Hall–Kier alpha value is -2.12. The SMILES string of the molecule is COc1ccc(C(c2sc3ncnn3c2O)N2CCC(C)CC2)cc1. The summed E-state index contributed by atoms with van der Waals surface area (Å²) in [6.45, 7) is 4.34. The number of hydrogen-bond donors (Lipinski definition) is 1. The van der Waals surface area contributed by atoms with Crippen molar-refractivity contribution < 1.29 is 9.84 Å². The van der Waals surface area contributed by atoms with Crippen LogP contribution in [0.2, 0.25) is 0 Å². The van der Waals surface area contributed by atoms with E-state index in [1.807, 2.05) is 12.1 Å². The molecule has 0 spiro atoms. The van der Waals surface area contributed by atoms with Gasteiger partial charge in [-0.3, -0.25) is 4.90 Å². The summed E-state index contributed by atoms with van der Waals surface area (Å²) in [4.78, 5) is 8.30. The standard InChI is InChI=1S/C18H22N4O2S/c1-12-7-9-21(10-8-12)15(13-3-5-14(24-2)6-4-13)16-17(23)22-18(25-16)19-11-20-22/h3-6,11-12,15,23H,7-10H2,1-2H3. The highest BCUT2D eigenvalue weighted by Crippen LogP contribution is 2.41. The maximum Gasteiger partial charge on any atom is 0.230 e. The Kier molecular flexibility index (Phi) is 4.35. The zero-order chi connectivity index (χ0) is 17.4. The first-order chi connectivity index (χ1) is 12.2. The van der Waals surface area contributed by atoms with Crippen LogP contribution in [0.4, 0.5) is 0 Å². The Labute approximate surface area is 150 Å². The van der Waals surface area contributed by atoms with Crippen LogP contribution in [-0.4, -0.2) is 44.8 Å². The van der Waals surface area contributed by atoms with Crippen LogP contribution in [0, 0.1) is 5.92 Å². The molecule has 3 heterocycles. The largest absolute Gasteiger partial charge is 0.497 e. The quantitative estimate of drug-likeness (QED) is 0.775. The van der Waals surface area contributed by atoms with Crippen molar-refractivity contribution in [3.05, 3.63) is 41.0 Å². The van der Waals surface area contributed by atoms with Crippen LogP contribution in [0.15, 0.2) is 30.6 Å². The number of aromatic nitrogens is 3. The van der Waals surface area contributed by atoms with Gasteiger partial charge in [-0.05, 0) is 49.5 Å². The molecule has 1 aliphatic heterocycles. The van der Waals surface area contributed by atoms with Crippen LogP contribution in [0.5, 0.6) is 11.6 Å². The molecule has 6 nitrogen and oxygen atoms in total. The molecule has 4 rings (SSSR count). The maximum absolute atomic E-state index is 10.7. The molecule has 1 N–H and O–H groups in total. The number of methoxy groups -OCH3 is 1. The Morgan fingerprint density at radius 1 is 1.24 bits per heavy atom. The fourth-order valence-corrected chi connectivity index (χ4v) is 4.56. The summed E-state index contributed by atoms with van der Waals surface area (Å²) >= 11 is 1.50. The molecule has 7 heteroatoms. The van der Waals surface area contributed by atoms with E-state index in [-0.39, 0.29) is 11.9 Å². The number of aromatic hydroxyl groups is 1. The van der Waals surface area contributed by atoms with Crippen LogP contribution in [0.3, 0.4) is 0 Å². The highest BCUT2D eigenvalue weighted by atomic mass is 32.1. The zero-order valence-electron chi connectivity index (χ0n) is 14.4. The van der Waals surface area contributed by atoms with Crippen LogP contribution in [0.25, 0.3) is 4.96 Å². The molecule has 1 unspecified atom stereocenters. The minimum absolute atomic E-state index is 0.00639. The van der Waals surface area contributed by atoms with Crippen molar-refractivity contribution in [2.75, 3.05) is 20.2 Å². The normalized spacial score (nSPS) is 17.8. The number of nitrogens with zero attached hydrogens (tertiary/aromatic N) is 4. The van der Waals surface area contributed by atoms with Gasteiger partial charge in [-0.25, -0.2) is 4.98 Å². The number of rotatable bonds is 4. The van der Waals surface area contributed by atoms with E-state index < -0.39 is 0 Å². The number of hydrogen-bond acceptors (Lipinski definition) is 6. The van der Waals surface area contributed by atoms with Crippen molar-refractivity contribution in [3.63, 3.8) is 0 Å². The van der Waals surface area contributed by atoms with E-state index in [4.69, 9.17) is 4.74 Å². The van der Waals surface area contributed by atoms with Crippen molar-refractivity contribution in [1.82, 2.24) is 19.5 Å². The fraction of sp³-hybridized carbons (Fsp3) is 0.444. The molecular weight excluding hydrogens is 336 g/mol.